The van der Waals surface area contributed by atoms with E-state index < -0.39 is 0 Å². The number of hydrogen-bond acceptors (Lipinski definition) is 2. The van der Waals surface area contributed by atoms with Crippen LogP contribution in [0.15, 0.2) is 60.7 Å². The summed E-state index contributed by atoms with van der Waals surface area (Å²) in [5, 5.41) is 5.18. The molecule has 0 aliphatic heterocycles. The van der Waals surface area contributed by atoms with Crippen LogP contribution in [0.2, 0.25) is 5.02 Å². The van der Waals surface area contributed by atoms with Gasteiger partial charge in [-0.3, -0.25) is 4.98 Å². The van der Waals surface area contributed by atoms with Gasteiger partial charge in [-0.1, -0.05) is 48.0 Å². The zero-order valence-corrected chi connectivity index (χ0v) is 11.1. The van der Waals surface area contributed by atoms with Gasteiger partial charge in [0.05, 0.1) is 28.5 Å². The molecule has 3 aromatic rings. The molecule has 2 nitrogen and oxygen atoms in total. The SMILES string of the molecule is Clc1ccccc1NCc1ccc2ccccc2n1. The molecule has 1 aromatic heterocycles. The van der Waals surface area contributed by atoms with Crippen molar-refractivity contribution in [3.8, 4) is 0 Å². The van der Waals surface area contributed by atoms with Gasteiger partial charge >= 0.3 is 0 Å². The van der Waals surface area contributed by atoms with E-state index in [1.165, 1.54) is 0 Å². The van der Waals surface area contributed by atoms with Gasteiger partial charge in [-0.15, -0.1) is 0 Å². The Balaban J connectivity index is 1.80. The number of pyridine rings is 1. The molecule has 0 aliphatic carbocycles. The standard InChI is InChI=1S/C16H13ClN2/c17-14-6-2-4-8-16(14)18-11-13-10-9-12-5-1-3-7-15(12)19-13/h1-10,18H,11H2. The highest BCUT2D eigenvalue weighted by molar-refractivity contribution is 6.33. The summed E-state index contributed by atoms with van der Waals surface area (Å²) >= 11 is 6.10. The maximum Gasteiger partial charge on any atom is 0.0706 e. The van der Waals surface area contributed by atoms with Crippen LogP contribution in [-0.4, -0.2) is 4.98 Å². The lowest BCUT2D eigenvalue weighted by molar-refractivity contribution is 1.07. The first-order valence-electron chi connectivity index (χ1n) is 6.16. The van der Waals surface area contributed by atoms with E-state index in [1.54, 1.807) is 0 Å². The third kappa shape index (κ3) is 2.69. The summed E-state index contributed by atoms with van der Waals surface area (Å²) in [6.45, 7) is 0.661. The molecule has 0 bridgehead atoms. The van der Waals surface area contributed by atoms with Crippen molar-refractivity contribution in [2.45, 2.75) is 6.54 Å². The van der Waals surface area contributed by atoms with Crippen molar-refractivity contribution in [2.24, 2.45) is 0 Å². The van der Waals surface area contributed by atoms with Crippen molar-refractivity contribution in [2.75, 3.05) is 5.32 Å². The quantitative estimate of drug-likeness (QED) is 0.756. The second-order valence-electron chi connectivity index (χ2n) is 4.33. The van der Waals surface area contributed by atoms with Crippen molar-refractivity contribution >= 4 is 28.2 Å². The molecule has 2 aromatic carbocycles. The molecule has 3 heteroatoms. The minimum absolute atomic E-state index is 0.661. The van der Waals surface area contributed by atoms with E-state index in [2.05, 4.69) is 22.4 Å². The maximum absolute atomic E-state index is 6.10. The Kier molecular flexibility index (Phi) is 3.34. The van der Waals surface area contributed by atoms with Crippen LogP contribution in [-0.2, 0) is 6.54 Å². The predicted molar refractivity (Wildman–Crippen MR) is 80.5 cm³/mol. The number of benzene rings is 2. The van der Waals surface area contributed by atoms with E-state index in [-0.39, 0.29) is 0 Å². The molecule has 0 saturated heterocycles. The maximum atomic E-state index is 6.10. The van der Waals surface area contributed by atoms with E-state index in [0.29, 0.717) is 6.54 Å². The van der Waals surface area contributed by atoms with Gasteiger partial charge in [-0.2, -0.15) is 0 Å². The van der Waals surface area contributed by atoms with Gasteiger partial charge < -0.3 is 5.32 Å². The van der Waals surface area contributed by atoms with Crippen LogP contribution in [0.5, 0.6) is 0 Å². The lowest BCUT2D eigenvalue weighted by atomic mass is 10.2. The average molecular weight is 269 g/mol. The van der Waals surface area contributed by atoms with Crippen LogP contribution in [0.25, 0.3) is 10.9 Å². The summed E-state index contributed by atoms with van der Waals surface area (Å²) in [7, 11) is 0. The molecule has 0 unspecified atom stereocenters. The number of nitrogens with one attached hydrogen (secondary N) is 1. The average Bonchev–Trinajstić information content (AvgIpc) is 2.46. The third-order valence-electron chi connectivity index (χ3n) is 2.99. The molecular weight excluding hydrogens is 256 g/mol. The highest BCUT2D eigenvalue weighted by Gasteiger charge is 2.00. The molecule has 0 fully saturated rings. The molecule has 19 heavy (non-hydrogen) atoms. The molecule has 0 aliphatic rings. The van der Waals surface area contributed by atoms with Crippen molar-refractivity contribution in [1.82, 2.24) is 4.98 Å². The minimum Gasteiger partial charge on any atom is -0.378 e. The van der Waals surface area contributed by atoms with Crippen molar-refractivity contribution in [1.29, 1.82) is 0 Å². The first kappa shape index (κ1) is 12.0. The molecule has 1 N–H and O–H groups in total. The Morgan fingerprint density at radius 1 is 0.895 bits per heavy atom. The van der Waals surface area contributed by atoms with Gasteiger partial charge in [-0.05, 0) is 24.3 Å². The topological polar surface area (TPSA) is 24.9 Å². The minimum atomic E-state index is 0.661. The number of nitrogens with zero attached hydrogens (tertiary/aromatic N) is 1. The Labute approximate surface area is 117 Å². The fourth-order valence-corrected chi connectivity index (χ4v) is 2.20. The third-order valence-corrected chi connectivity index (χ3v) is 3.32. The highest BCUT2D eigenvalue weighted by Crippen LogP contribution is 2.21. The summed E-state index contributed by atoms with van der Waals surface area (Å²) in [6.07, 6.45) is 0. The van der Waals surface area contributed by atoms with Crippen molar-refractivity contribution < 1.29 is 0 Å². The molecule has 0 spiro atoms. The second kappa shape index (κ2) is 5.29. The molecule has 0 amide bonds. The number of para-hydroxylation sites is 2. The first-order valence-corrected chi connectivity index (χ1v) is 6.54. The Morgan fingerprint density at radius 3 is 2.58 bits per heavy atom. The Morgan fingerprint density at radius 2 is 1.68 bits per heavy atom. The van der Waals surface area contributed by atoms with Crippen molar-refractivity contribution in [3.05, 3.63) is 71.4 Å². The van der Waals surface area contributed by atoms with Crippen LogP contribution in [0.3, 0.4) is 0 Å². The Hall–Kier alpha value is -2.06. The van der Waals surface area contributed by atoms with E-state index in [9.17, 15) is 0 Å². The number of rotatable bonds is 3. The van der Waals surface area contributed by atoms with Crippen molar-refractivity contribution in [3.63, 3.8) is 0 Å². The summed E-state index contributed by atoms with van der Waals surface area (Å²) in [6, 6.07) is 19.9. The van der Waals surface area contributed by atoms with E-state index in [0.717, 1.165) is 27.3 Å². The smallest absolute Gasteiger partial charge is 0.0706 e. The predicted octanol–water partition coefficient (Wildman–Crippen LogP) is 4.50. The summed E-state index contributed by atoms with van der Waals surface area (Å²) in [5.41, 5.74) is 2.94. The van der Waals surface area contributed by atoms with E-state index >= 15 is 0 Å². The zero-order chi connectivity index (χ0) is 13.1. The van der Waals surface area contributed by atoms with Crippen LogP contribution in [0.4, 0.5) is 5.69 Å². The molecule has 0 radical (unpaired) electrons. The van der Waals surface area contributed by atoms with E-state index in [1.807, 2.05) is 48.5 Å². The summed E-state index contributed by atoms with van der Waals surface area (Å²) < 4.78 is 0. The summed E-state index contributed by atoms with van der Waals surface area (Å²) in [5.74, 6) is 0. The lowest BCUT2D eigenvalue weighted by Gasteiger charge is -2.08. The van der Waals surface area contributed by atoms with Gasteiger partial charge in [0.2, 0.25) is 0 Å². The van der Waals surface area contributed by atoms with E-state index in [4.69, 9.17) is 11.6 Å². The number of hydrogen-bond donors (Lipinski definition) is 1. The zero-order valence-electron chi connectivity index (χ0n) is 10.3. The van der Waals surface area contributed by atoms with Crippen LogP contribution in [0.1, 0.15) is 5.69 Å². The van der Waals surface area contributed by atoms with Gasteiger partial charge in [0, 0.05) is 5.39 Å². The molecule has 1 heterocycles. The monoisotopic (exact) mass is 268 g/mol. The van der Waals surface area contributed by atoms with Gasteiger partial charge in [0.25, 0.3) is 0 Å². The van der Waals surface area contributed by atoms with Gasteiger partial charge in [0.1, 0.15) is 0 Å². The number of halogens is 1. The molecule has 3 rings (SSSR count). The summed E-state index contributed by atoms with van der Waals surface area (Å²) in [4.78, 5) is 4.61. The fraction of sp³-hybridized carbons (Fsp3) is 0.0625. The Bertz CT molecular complexity index is 710. The number of anilines is 1. The first-order chi connectivity index (χ1) is 9.33. The lowest BCUT2D eigenvalue weighted by Crippen LogP contribution is -2.01. The number of fused-ring (bicyclic) bond motifs is 1. The second-order valence-corrected chi connectivity index (χ2v) is 4.74. The molecule has 94 valence electrons. The normalized spacial score (nSPS) is 10.6. The largest absolute Gasteiger partial charge is 0.378 e. The van der Waals surface area contributed by atoms with Gasteiger partial charge in [-0.25, -0.2) is 0 Å². The van der Waals surface area contributed by atoms with Gasteiger partial charge in [0.15, 0.2) is 0 Å². The van der Waals surface area contributed by atoms with Crippen LogP contribution < -0.4 is 5.32 Å². The molecular formula is C16H13ClN2. The fourth-order valence-electron chi connectivity index (χ4n) is 2.00. The van der Waals surface area contributed by atoms with Crippen LogP contribution in [0, 0.1) is 0 Å². The number of aromatic nitrogens is 1. The van der Waals surface area contributed by atoms with Crippen LogP contribution >= 0.6 is 11.6 Å². The highest BCUT2D eigenvalue weighted by atomic mass is 35.5. The molecule has 0 atom stereocenters. The molecule has 0 saturated carbocycles.